The van der Waals surface area contributed by atoms with Crippen molar-refractivity contribution in [2.45, 2.75) is 6.54 Å². The third-order valence-corrected chi connectivity index (χ3v) is 6.59. The molecule has 0 saturated carbocycles. The van der Waals surface area contributed by atoms with E-state index in [0.717, 1.165) is 6.26 Å². The Labute approximate surface area is 200 Å². The highest BCUT2D eigenvalue weighted by molar-refractivity contribution is 7.92. The molecule has 1 amide bonds. The van der Waals surface area contributed by atoms with Gasteiger partial charge in [-0.3, -0.25) is 9.10 Å². The lowest BCUT2D eigenvalue weighted by molar-refractivity contribution is 0.102. The molecule has 162 valence electrons. The SMILES string of the molecule is CS(=O)(=O)N(Cc1c(Cl)cccc1Cl)c1ccc(C(=O)Nc2cc(Cl)cc(Cl)c2)cc1. The topological polar surface area (TPSA) is 66.5 Å². The molecule has 0 aliphatic heterocycles. The zero-order valence-electron chi connectivity index (χ0n) is 16.1. The summed E-state index contributed by atoms with van der Waals surface area (Å²) >= 11 is 24.3. The molecule has 0 heterocycles. The number of anilines is 2. The lowest BCUT2D eigenvalue weighted by atomic mass is 10.1. The lowest BCUT2D eigenvalue weighted by Crippen LogP contribution is -2.29. The Morgan fingerprint density at radius 3 is 1.97 bits per heavy atom. The van der Waals surface area contributed by atoms with Gasteiger partial charge >= 0.3 is 0 Å². The van der Waals surface area contributed by atoms with Crippen molar-refractivity contribution in [1.29, 1.82) is 0 Å². The monoisotopic (exact) mass is 516 g/mol. The summed E-state index contributed by atoms with van der Waals surface area (Å²) in [5.41, 5.74) is 1.61. The average Bonchev–Trinajstić information content (AvgIpc) is 2.66. The van der Waals surface area contributed by atoms with Crippen molar-refractivity contribution in [3.05, 3.63) is 91.9 Å². The minimum Gasteiger partial charge on any atom is -0.322 e. The summed E-state index contributed by atoms with van der Waals surface area (Å²) in [5.74, 6) is -0.398. The predicted octanol–water partition coefficient (Wildman–Crippen LogP) is 6.52. The van der Waals surface area contributed by atoms with E-state index in [-0.39, 0.29) is 6.54 Å². The summed E-state index contributed by atoms with van der Waals surface area (Å²) in [4.78, 5) is 12.5. The Morgan fingerprint density at radius 1 is 0.903 bits per heavy atom. The summed E-state index contributed by atoms with van der Waals surface area (Å²) in [6, 6.07) is 15.7. The number of carbonyl (C=O) groups is 1. The quantitative estimate of drug-likeness (QED) is 0.404. The Morgan fingerprint density at radius 2 is 1.45 bits per heavy atom. The third-order valence-electron chi connectivity index (χ3n) is 4.30. The van der Waals surface area contributed by atoms with Gasteiger partial charge in [0.2, 0.25) is 10.0 Å². The third kappa shape index (κ3) is 6.05. The molecule has 0 spiro atoms. The van der Waals surface area contributed by atoms with E-state index in [9.17, 15) is 13.2 Å². The molecular weight excluding hydrogens is 502 g/mol. The number of nitrogens with one attached hydrogen (secondary N) is 1. The molecule has 10 heteroatoms. The van der Waals surface area contributed by atoms with Gasteiger partial charge < -0.3 is 5.32 Å². The highest BCUT2D eigenvalue weighted by Crippen LogP contribution is 2.29. The van der Waals surface area contributed by atoms with Gasteiger partial charge in [-0.1, -0.05) is 52.5 Å². The molecule has 3 aromatic carbocycles. The van der Waals surface area contributed by atoms with E-state index in [2.05, 4.69) is 5.32 Å². The molecule has 0 aliphatic rings. The van der Waals surface area contributed by atoms with E-state index < -0.39 is 15.9 Å². The molecule has 1 N–H and O–H groups in total. The molecule has 0 radical (unpaired) electrons. The molecule has 3 rings (SSSR count). The van der Waals surface area contributed by atoms with Crippen molar-refractivity contribution in [1.82, 2.24) is 0 Å². The first-order valence-corrected chi connectivity index (χ1v) is 12.2. The zero-order chi connectivity index (χ0) is 22.8. The molecule has 0 unspecified atom stereocenters. The number of nitrogens with zero attached hydrogens (tertiary/aromatic N) is 1. The van der Waals surface area contributed by atoms with Crippen molar-refractivity contribution in [2.75, 3.05) is 15.9 Å². The molecule has 0 aromatic heterocycles. The van der Waals surface area contributed by atoms with Crippen molar-refractivity contribution in [3.8, 4) is 0 Å². The Hall–Kier alpha value is -1.96. The van der Waals surface area contributed by atoms with Gasteiger partial charge in [0, 0.05) is 36.9 Å². The fraction of sp³-hybridized carbons (Fsp3) is 0.0952. The van der Waals surface area contributed by atoms with E-state index in [0.29, 0.717) is 42.6 Å². The van der Waals surface area contributed by atoms with Crippen LogP contribution in [0.5, 0.6) is 0 Å². The summed E-state index contributed by atoms with van der Waals surface area (Å²) < 4.78 is 26.0. The number of rotatable bonds is 6. The number of hydrogen-bond donors (Lipinski definition) is 1. The van der Waals surface area contributed by atoms with Crippen LogP contribution in [0, 0.1) is 0 Å². The summed E-state index contributed by atoms with van der Waals surface area (Å²) in [5, 5.41) is 4.19. The molecular formula is C21H16Cl4N2O3S. The maximum atomic E-state index is 12.5. The summed E-state index contributed by atoms with van der Waals surface area (Å²) in [7, 11) is -3.65. The molecule has 0 saturated heterocycles. The van der Waals surface area contributed by atoms with Crippen LogP contribution in [-0.4, -0.2) is 20.6 Å². The van der Waals surface area contributed by atoms with E-state index in [1.54, 1.807) is 36.4 Å². The molecule has 3 aromatic rings. The number of benzene rings is 3. The van der Waals surface area contributed by atoms with Gasteiger partial charge in [-0.2, -0.15) is 0 Å². The van der Waals surface area contributed by atoms with Crippen LogP contribution in [0.3, 0.4) is 0 Å². The molecule has 5 nitrogen and oxygen atoms in total. The van der Waals surface area contributed by atoms with Crippen molar-refractivity contribution in [3.63, 3.8) is 0 Å². The maximum absolute atomic E-state index is 12.5. The Bertz CT molecular complexity index is 1190. The lowest BCUT2D eigenvalue weighted by Gasteiger charge is -2.23. The van der Waals surface area contributed by atoms with Crippen LogP contribution < -0.4 is 9.62 Å². The van der Waals surface area contributed by atoms with Gasteiger partial charge in [-0.25, -0.2) is 8.42 Å². The highest BCUT2D eigenvalue weighted by atomic mass is 35.5. The zero-order valence-corrected chi connectivity index (χ0v) is 19.9. The second-order valence-corrected chi connectivity index (χ2v) is 10.2. The smallest absolute Gasteiger partial charge is 0.255 e. The standard InChI is InChI=1S/C21H16Cl4N2O3S/c1-31(29,30)27(12-18-19(24)3-2-4-20(18)25)17-7-5-13(6-8-17)21(28)26-16-10-14(22)9-15(23)11-16/h2-11H,12H2,1H3,(H,26,28). The Kier molecular flexibility index (Phi) is 7.39. The first-order valence-electron chi connectivity index (χ1n) is 8.83. The Balaban J connectivity index is 1.85. The molecule has 31 heavy (non-hydrogen) atoms. The van der Waals surface area contributed by atoms with E-state index in [1.165, 1.54) is 28.6 Å². The van der Waals surface area contributed by atoms with Crippen LogP contribution >= 0.6 is 46.4 Å². The summed E-state index contributed by atoms with van der Waals surface area (Å²) in [6.07, 6.45) is 1.08. The summed E-state index contributed by atoms with van der Waals surface area (Å²) in [6.45, 7) is -0.0517. The van der Waals surface area contributed by atoms with Gasteiger partial charge in [0.25, 0.3) is 5.91 Å². The van der Waals surface area contributed by atoms with Crippen molar-refractivity contribution in [2.24, 2.45) is 0 Å². The maximum Gasteiger partial charge on any atom is 0.255 e. The van der Waals surface area contributed by atoms with Gasteiger partial charge in [0.05, 0.1) is 18.5 Å². The van der Waals surface area contributed by atoms with Crippen LogP contribution in [0.2, 0.25) is 20.1 Å². The number of hydrogen-bond acceptors (Lipinski definition) is 3. The van der Waals surface area contributed by atoms with Gasteiger partial charge in [0.1, 0.15) is 0 Å². The normalized spacial score (nSPS) is 11.3. The van der Waals surface area contributed by atoms with Gasteiger partial charge in [0.15, 0.2) is 0 Å². The highest BCUT2D eigenvalue weighted by Gasteiger charge is 2.21. The molecule has 0 atom stereocenters. The van der Waals surface area contributed by atoms with Crippen LogP contribution in [0.4, 0.5) is 11.4 Å². The number of sulfonamides is 1. The molecule has 0 bridgehead atoms. The first-order chi connectivity index (χ1) is 14.5. The van der Waals surface area contributed by atoms with Gasteiger partial charge in [-0.15, -0.1) is 0 Å². The van der Waals surface area contributed by atoms with E-state index in [1.807, 2.05) is 0 Å². The van der Waals surface area contributed by atoms with E-state index >= 15 is 0 Å². The van der Waals surface area contributed by atoms with Crippen LogP contribution in [0.25, 0.3) is 0 Å². The van der Waals surface area contributed by atoms with Crippen molar-refractivity contribution < 1.29 is 13.2 Å². The van der Waals surface area contributed by atoms with E-state index in [4.69, 9.17) is 46.4 Å². The first kappa shape index (κ1) is 23.7. The average molecular weight is 518 g/mol. The minimum absolute atomic E-state index is 0.0517. The van der Waals surface area contributed by atoms with Gasteiger partial charge in [-0.05, 0) is 54.6 Å². The molecule has 0 aliphatic carbocycles. The van der Waals surface area contributed by atoms with Crippen LogP contribution in [0.15, 0.2) is 60.7 Å². The largest absolute Gasteiger partial charge is 0.322 e. The second kappa shape index (κ2) is 9.67. The number of halogens is 4. The second-order valence-electron chi connectivity index (χ2n) is 6.63. The number of carbonyl (C=O) groups excluding carboxylic acids is 1. The molecule has 0 fully saturated rings. The predicted molar refractivity (Wildman–Crippen MR) is 128 cm³/mol. The fourth-order valence-electron chi connectivity index (χ4n) is 2.84. The number of amides is 1. The van der Waals surface area contributed by atoms with Crippen LogP contribution in [0.1, 0.15) is 15.9 Å². The fourth-order valence-corrected chi connectivity index (χ4v) is 4.75. The van der Waals surface area contributed by atoms with Crippen LogP contribution in [-0.2, 0) is 16.6 Å². The minimum atomic E-state index is -3.65. The van der Waals surface area contributed by atoms with Crippen molar-refractivity contribution >= 4 is 73.7 Å².